The van der Waals surface area contributed by atoms with Crippen molar-refractivity contribution in [3.63, 3.8) is 0 Å². The largest absolute Gasteiger partial charge is 0.478 e. The highest BCUT2D eigenvalue weighted by Crippen LogP contribution is 2.35. The molecule has 2 rings (SSSR count). The van der Waals surface area contributed by atoms with Gasteiger partial charge < -0.3 is 9.67 Å². The van der Waals surface area contributed by atoms with Crippen molar-refractivity contribution in [1.82, 2.24) is 4.57 Å². The second kappa shape index (κ2) is 4.09. The molecule has 17 heavy (non-hydrogen) atoms. The molecule has 0 atom stereocenters. The summed E-state index contributed by atoms with van der Waals surface area (Å²) in [5.41, 5.74) is -1.74. The molecule has 0 spiro atoms. The summed E-state index contributed by atoms with van der Waals surface area (Å²) in [5, 5.41) is 8.72. The van der Waals surface area contributed by atoms with Crippen LogP contribution in [-0.2, 0) is 12.7 Å². The number of hydrogen-bond donors (Lipinski definition) is 1. The molecule has 0 saturated heterocycles. The average molecular weight is 247 g/mol. The molecule has 1 saturated carbocycles. The molecule has 1 aliphatic rings. The van der Waals surface area contributed by atoms with E-state index >= 15 is 0 Å². The first-order chi connectivity index (χ1) is 7.88. The van der Waals surface area contributed by atoms with E-state index in [0.29, 0.717) is 12.5 Å². The van der Waals surface area contributed by atoms with Crippen LogP contribution < -0.4 is 0 Å². The topological polar surface area (TPSA) is 42.2 Å². The summed E-state index contributed by atoms with van der Waals surface area (Å²) >= 11 is 0. The van der Waals surface area contributed by atoms with Crippen molar-refractivity contribution in [3.05, 3.63) is 23.5 Å². The van der Waals surface area contributed by atoms with Gasteiger partial charge >= 0.3 is 12.1 Å². The number of nitrogens with zero attached hydrogens (tertiary/aromatic N) is 1. The smallest absolute Gasteiger partial charge is 0.418 e. The van der Waals surface area contributed by atoms with Crippen LogP contribution in [0.5, 0.6) is 0 Å². The molecule has 1 aromatic rings. The van der Waals surface area contributed by atoms with E-state index in [1.54, 1.807) is 0 Å². The number of halogens is 3. The van der Waals surface area contributed by atoms with Gasteiger partial charge in [-0.05, 0) is 12.3 Å². The third kappa shape index (κ3) is 2.81. The molecule has 1 aromatic heterocycles. The molecule has 0 amide bonds. The van der Waals surface area contributed by atoms with E-state index in [2.05, 4.69) is 0 Å². The van der Waals surface area contributed by atoms with Crippen LogP contribution in [0.4, 0.5) is 13.2 Å². The Balaban J connectivity index is 2.20. The molecule has 0 radical (unpaired) electrons. The van der Waals surface area contributed by atoms with E-state index < -0.39 is 23.3 Å². The van der Waals surface area contributed by atoms with Gasteiger partial charge in [-0.25, -0.2) is 4.79 Å². The molecule has 0 aromatic carbocycles. The summed E-state index contributed by atoms with van der Waals surface area (Å²) in [6, 6.07) is 0. The van der Waals surface area contributed by atoms with Crippen LogP contribution in [0.1, 0.15) is 35.2 Å². The SMILES string of the molecule is O=C(O)c1cn(CCC2CC2)cc1C(F)(F)F. The van der Waals surface area contributed by atoms with E-state index in [1.807, 2.05) is 0 Å². The number of carboxylic acids is 1. The van der Waals surface area contributed by atoms with Crippen LogP contribution in [0.25, 0.3) is 0 Å². The zero-order chi connectivity index (χ0) is 12.6. The highest BCUT2D eigenvalue weighted by molar-refractivity contribution is 5.89. The maximum Gasteiger partial charge on any atom is 0.418 e. The molecule has 0 aliphatic heterocycles. The minimum Gasteiger partial charge on any atom is -0.478 e. The van der Waals surface area contributed by atoms with Gasteiger partial charge in [0.2, 0.25) is 0 Å². The minimum absolute atomic E-state index is 0.445. The summed E-state index contributed by atoms with van der Waals surface area (Å²) in [5.74, 6) is -0.942. The molecule has 0 bridgehead atoms. The summed E-state index contributed by atoms with van der Waals surface area (Å²) in [6.07, 6.45) is 0.390. The van der Waals surface area contributed by atoms with Gasteiger partial charge in [0.25, 0.3) is 0 Å². The zero-order valence-corrected chi connectivity index (χ0v) is 9.00. The predicted octanol–water partition coefficient (Wildman–Crippen LogP) is 3.01. The quantitative estimate of drug-likeness (QED) is 0.888. The van der Waals surface area contributed by atoms with Gasteiger partial charge in [-0.2, -0.15) is 13.2 Å². The predicted molar refractivity (Wildman–Crippen MR) is 53.7 cm³/mol. The Morgan fingerprint density at radius 3 is 2.47 bits per heavy atom. The van der Waals surface area contributed by atoms with Crippen molar-refractivity contribution in [2.24, 2.45) is 5.92 Å². The first-order valence-corrected chi connectivity index (χ1v) is 5.38. The lowest BCUT2D eigenvalue weighted by molar-refractivity contribution is -0.138. The Morgan fingerprint density at radius 1 is 1.41 bits per heavy atom. The Labute approximate surface area is 95.9 Å². The van der Waals surface area contributed by atoms with Crippen molar-refractivity contribution >= 4 is 5.97 Å². The van der Waals surface area contributed by atoms with E-state index in [-0.39, 0.29) is 0 Å². The Kier molecular flexibility index (Phi) is 2.89. The molecular formula is C11H12F3NO2. The molecule has 3 nitrogen and oxygen atoms in total. The highest BCUT2D eigenvalue weighted by Gasteiger charge is 2.37. The number of carbonyl (C=O) groups is 1. The first kappa shape index (κ1) is 12.0. The van der Waals surface area contributed by atoms with Gasteiger partial charge in [0.05, 0.1) is 11.1 Å². The lowest BCUT2D eigenvalue weighted by Gasteiger charge is -2.04. The Morgan fingerprint density at radius 2 is 2.06 bits per heavy atom. The molecular weight excluding hydrogens is 235 g/mol. The molecule has 94 valence electrons. The van der Waals surface area contributed by atoms with Crippen LogP contribution in [0, 0.1) is 5.92 Å². The van der Waals surface area contributed by atoms with Crippen molar-refractivity contribution in [2.75, 3.05) is 0 Å². The second-order valence-electron chi connectivity index (χ2n) is 4.36. The van der Waals surface area contributed by atoms with Crippen molar-refractivity contribution in [1.29, 1.82) is 0 Å². The minimum atomic E-state index is -4.61. The Bertz CT molecular complexity index is 432. The summed E-state index contributed by atoms with van der Waals surface area (Å²) in [4.78, 5) is 10.7. The molecule has 1 heterocycles. The maximum absolute atomic E-state index is 12.6. The van der Waals surface area contributed by atoms with Gasteiger partial charge in [0, 0.05) is 18.9 Å². The number of aryl methyl sites for hydroxylation is 1. The molecule has 1 fully saturated rings. The second-order valence-corrected chi connectivity index (χ2v) is 4.36. The third-order valence-electron chi connectivity index (χ3n) is 2.91. The lowest BCUT2D eigenvalue weighted by Crippen LogP contribution is -2.09. The molecule has 6 heteroatoms. The molecule has 1 N–H and O–H groups in total. The van der Waals surface area contributed by atoms with Gasteiger partial charge in [-0.15, -0.1) is 0 Å². The van der Waals surface area contributed by atoms with E-state index in [1.165, 1.54) is 4.57 Å². The van der Waals surface area contributed by atoms with Crippen LogP contribution >= 0.6 is 0 Å². The fraction of sp³-hybridized carbons (Fsp3) is 0.545. The fourth-order valence-corrected chi connectivity index (χ4v) is 1.77. The van der Waals surface area contributed by atoms with Gasteiger partial charge in [-0.3, -0.25) is 0 Å². The number of rotatable bonds is 4. The van der Waals surface area contributed by atoms with Crippen molar-refractivity contribution in [3.8, 4) is 0 Å². The van der Waals surface area contributed by atoms with Gasteiger partial charge in [-0.1, -0.05) is 12.8 Å². The average Bonchev–Trinajstić information content (AvgIpc) is 2.91. The lowest BCUT2D eigenvalue weighted by atomic mass is 10.2. The van der Waals surface area contributed by atoms with E-state index in [4.69, 9.17) is 5.11 Å². The zero-order valence-electron chi connectivity index (χ0n) is 9.00. The van der Waals surface area contributed by atoms with Crippen molar-refractivity contribution < 1.29 is 23.1 Å². The number of carboxylic acid groups (broad SMARTS) is 1. The molecule has 0 unspecified atom stereocenters. The van der Waals surface area contributed by atoms with Crippen LogP contribution in [0.3, 0.4) is 0 Å². The number of hydrogen-bond acceptors (Lipinski definition) is 1. The van der Waals surface area contributed by atoms with Gasteiger partial charge in [0.1, 0.15) is 0 Å². The van der Waals surface area contributed by atoms with Crippen LogP contribution in [0.15, 0.2) is 12.4 Å². The summed E-state index contributed by atoms with van der Waals surface area (Å²) in [6.45, 7) is 0.445. The third-order valence-corrected chi connectivity index (χ3v) is 2.91. The monoisotopic (exact) mass is 247 g/mol. The summed E-state index contributed by atoms with van der Waals surface area (Å²) in [7, 11) is 0. The Hall–Kier alpha value is -1.46. The maximum atomic E-state index is 12.6. The molecule has 1 aliphatic carbocycles. The first-order valence-electron chi connectivity index (χ1n) is 5.38. The fourth-order valence-electron chi connectivity index (χ4n) is 1.77. The summed E-state index contributed by atoms with van der Waals surface area (Å²) < 4.78 is 39.0. The number of alkyl halides is 3. The van der Waals surface area contributed by atoms with Crippen LogP contribution in [-0.4, -0.2) is 15.6 Å². The highest BCUT2D eigenvalue weighted by atomic mass is 19.4. The van der Waals surface area contributed by atoms with Crippen LogP contribution in [0.2, 0.25) is 0 Å². The number of aromatic nitrogens is 1. The van der Waals surface area contributed by atoms with Gasteiger partial charge in [0.15, 0.2) is 0 Å². The van der Waals surface area contributed by atoms with Crippen molar-refractivity contribution in [2.45, 2.75) is 32.0 Å². The normalized spacial score (nSPS) is 16.2. The van der Waals surface area contributed by atoms with E-state index in [0.717, 1.165) is 31.7 Å². The number of aromatic carboxylic acids is 1. The van der Waals surface area contributed by atoms with E-state index in [9.17, 15) is 18.0 Å². The standard InChI is InChI=1S/C11H12F3NO2/c12-11(13,14)9-6-15(4-3-7-1-2-7)5-8(9)10(16)17/h5-7H,1-4H2,(H,16,17).